The van der Waals surface area contributed by atoms with Crippen LogP contribution in [-0.2, 0) is 14.3 Å². The Morgan fingerprint density at radius 3 is 2.48 bits per heavy atom. The van der Waals surface area contributed by atoms with Gasteiger partial charge in [0.1, 0.15) is 5.82 Å². The molecule has 2 aliphatic rings. The van der Waals surface area contributed by atoms with Gasteiger partial charge in [-0.2, -0.15) is 0 Å². The number of amides is 2. The highest BCUT2D eigenvalue weighted by Crippen LogP contribution is 2.30. The number of methoxy groups -OCH3 is 1. The van der Waals surface area contributed by atoms with Crippen LogP contribution in [0, 0.1) is 5.41 Å². The van der Waals surface area contributed by atoms with Gasteiger partial charge in [-0.25, -0.2) is 4.98 Å². The van der Waals surface area contributed by atoms with Crippen molar-refractivity contribution in [1.29, 1.82) is 0 Å². The summed E-state index contributed by atoms with van der Waals surface area (Å²) in [7, 11) is 1.60. The molecule has 31 heavy (non-hydrogen) atoms. The van der Waals surface area contributed by atoms with Crippen molar-refractivity contribution in [3.63, 3.8) is 0 Å². The molecule has 0 spiro atoms. The van der Waals surface area contributed by atoms with E-state index in [-0.39, 0.29) is 29.2 Å². The highest BCUT2D eigenvalue weighted by atomic mass is 16.5. The van der Waals surface area contributed by atoms with E-state index in [0.717, 1.165) is 37.9 Å². The summed E-state index contributed by atoms with van der Waals surface area (Å²) in [6.45, 7) is 8.96. The van der Waals surface area contributed by atoms with Crippen molar-refractivity contribution in [2.75, 3.05) is 39.9 Å². The van der Waals surface area contributed by atoms with Gasteiger partial charge in [-0.1, -0.05) is 20.8 Å². The smallest absolute Gasteiger partial charge is 0.251 e. The van der Waals surface area contributed by atoms with Crippen LogP contribution in [0.4, 0.5) is 0 Å². The summed E-state index contributed by atoms with van der Waals surface area (Å²) in [5.41, 5.74) is 0.227. The van der Waals surface area contributed by atoms with Crippen LogP contribution in [0.3, 0.4) is 0 Å². The lowest BCUT2D eigenvalue weighted by Gasteiger charge is -2.36. The summed E-state index contributed by atoms with van der Waals surface area (Å²) in [4.78, 5) is 48.9. The van der Waals surface area contributed by atoms with E-state index in [2.05, 4.69) is 4.98 Å². The summed E-state index contributed by atoms with van der Waals surface area (Å²) in [5.74, 6) is 1.19. The fourth-order valence-corrected chi connectivity index (χ4v) is 4.53. The van der Waals surface area contributed by atoms with Crippen molar-refractivity contribution in [3.05, 3.63) is 27.9 Å². The third-order valence-corrected chi connectivity index (χ3v) is 6.30. The van der Waals surface area contributed by atoms with Crippen LogP contribution >= 0.6 is 0 Å². The molecule has 3 heterocycles. The van der Waals surface area contributed by atoms with E-state index >= 15 is 0 Å². The van der Waals surface area contributed by atoms with Gasteiger partial charge in [-0.05, 0) is 25.7 Å². The third-order valence-electron chi connectivity index (χ3n) is 6.30. The summed E-state index contributed by atoms with van der Waals surface area (Å²) in [5, 5.41) is 0. The Morgan fingerprint density at radius 1 is 1.13 bits per heavy atom. The van der Waals surface area contributed by atoms with E-state index in [9.17, 15) is 14.4 Å². The molecule has 2 amide bonds. The second-order valence-corrected chi connectivity index (χ2v) is 9.79. The molecular formula is C23H36N4O4. The fraction of sp³-hybridized carbons (Fsp3) is 0.739. The number of nitrogens with one attached hydrogen (secondary N) is 1. The SMILES string of the molecule is COCCC(=O)N1CCC(c2nc([C@@H]3CCCN(C(=O)C(C)(C)C)C3)cc(=O)[nH]2)CC1. The largest absolute Gasteiger partial charge is 0.384 e. The molecule has 0 aromatic carbocycles. The minimum absolute atomic E-state index is 0.0804. The molecule has 2 fully saturated rings. The maximum absolute atomic E-state index is 12.7. The number of nitrogens with zero attached hydrogens (tertiary/aromatic N) is 3. The van der Waals surface area contributed by atoms with Crippen LogP contribution in [0.2, 0.25) is 0 Å². The summed E-state index contributed by atoms with van der Waals surface area (Å²) in [6.07, 6.45) is 3.81. The van der Waals surface area contributed by atoms with E-state index in [0.29, 0.717) is 38.5 Å². The second kappa shape index (κ2) is 9.94. The van der Waals surface area contributed by atoms with Gasteiger partial charge in [0, 0.05) is 56.6 Å². The van der Waals surface area contributed by atoms with E-state index < -0.39 is 5.41 Å². The van der Waals surface area contributed by atoms with Gasteiger partial charge in [0.2, 0.25) is 11.8 Å². The van der Waals surface area contributed by atoms with Crippen molar-refractivity contribution >= 4 is 11.8 Å². The van der Waals surface area contributed by atoms with Gasteiger partial charge in [0.15, 0.2) is 0 Å². The van der Waals surface area contributed by atoms with Gasteiger partial charge in [0.05, 0.1) is 18.7 Å². The first-order valence-electron chi connectivity index (χ1n) is 11.4. The van der Waals surface area contributed by atoms with Crippen LogP contribution < -0.4 is 5.56 Å². The number of hydrogen-bond donors (Lipinski definition) is 1. The topological polar surface area (TPSA) is 95.6 Å². The molecule has 1 aromatic rings. The molecule has 2 saturated heterocycles. The minimum Gasteiger partial charge on any atom is -0.384 e. The van der Waals surface area contributed by atoms with Crippen LogP contribution in [0.5, 0.6) is 0 Å². The number of likely N-dealkylation sites (tertiary alicyclic amines) is 2. The lowest BCUT2D eigenvalue weighted by molar-refractivity contribution is -0.140. The molecule has 1 N–H and O–H groups in total. The Kier molecular flexibility index (Phi) is 7.51. The Hall–Kier alpha value is -2.22. The maximum atomic E-state index is 12.7. The zero-order chi connectivity index (χ0) is 22.6. The Bertz CT molecular complexity index is 837. The Labute approximate surface area is 184 Å². The van der Waals surface area contributed by atoms with Crippen molar-refractivity contribution in [3.8, 4) is 0 Å². The highest BCUT2D eigenvalue weighted by molar-refractivity contribution is 5.81. The van der Waals surface area contributed by atoms with Crippen LogP contribution in [0.1, 0.15) is 76.2 Å². The molecule has 0 aliphatic carbocycles. The predicted molar refractivity (Wildman–Crippen MR) is 118 cm³/mol. The van der Waals surface area contributed by atoms with Gasteiger partial charge in [-0.3, -0.25) is 14.4 Å². The van der Waals surface area contributed by atoms with Gasteiger partial charge >= 0.3 is 0 Å². The zero-order valence-corrected chi connectivity index (χ0v) is 19.3. The van der Waals surface area contributed by atoms with Crippen LogP contribution in [-0.4, -0.2) is 71.5 Å². The summed E-state index contributed by atoms with van der Waals surface area (Å²) in [6, 6.07) is 1.59. The predicted octanol–water partition coefficient (Wildman–Crippen LogP) is 2.26. The van der Waals surface area contributed by atoms with Gasteiger partial charge < -0.3 is 19.5 Å². The maximum Gasteiger partial charge on any atom is 0.251 e. The third kappa shape index (κ3) is 5.93. The first-order valence-corrected chi connectivity index (χ1v) is 11.4. The number of ether oxygens (including phenoxy) is 1. The normalized spacial score (nSPS) is 20.7. The average Bonchev–Trinajstić information content (AvgIpc) is 2.76. The van der Waals surface area contributed by atoms with Crippen molar-refractivity contribution in [2.45, 2.75) is 64.7 Å². The molecule has 1 atom stereocenters. The van der Waals surface area contributed by atoms with E-state index in [4.69, 9.17) is 9.72 Å². The fourth-order valence-electron chi connectivity index (χ4n) is 4.53. The van der Waals surface area contributed by atoms with Crippen LogP contribution in [0.15, 0.2) is 10.9 Å². The molecule has 3 rings (SSSR count). The number of carbonyl (C=O) groups excluding carboxylic acids is 2. The first kappa shape index (κ1) is 23.4. The van der Waals surface area contributed by atoms with Gasteiger partial charge in [0.25, 0.3) is 5.56 Å². The molecule has 8 heteroatoms. The molecule has 0 saturated carbocycles. The summed E-state index contributed by atoms with van der Waals surface area (Å²) < 4.78 is 5.00. The second-order valence-electron chi connectivity index (χ2n) is 9.79. The number of piperidine rings is 2. The lowest BCUT2D eigenvalue weighted by Crippen LogP contribution is -2.45. The molecule has 172 valence electrons. The van der Waals surface area contributed by atoms with E-state index in [1.165, 1.54) is 0 Å². The number of H-pyrrole nitrogens is 1. The van der Waals surface area contributed by atoms with Crippen molar-refractivity contribution in [2.24, 2.45) is 5.41 Å². The van der Waals surface area contributed by atoms with E-state index in [1.54, 1.807) is 13.2 Å². The molecule has 0 bridgehead atoms. The Balaban J connectivity index is 1.68. The van der Waals surface area contributed by atoms with Crippen molar-refractivity contribution < 1.29 is 14.3 Å². The average molecular weight is 433 g/mol. The van der Waals surface area contributed by atoms with Gasteiger partial charge in [-0.15, -0.1) is 0 Å². The molecule has 2 aliphatic heterocycles. The number of aromatic amines is 1. The number of carbonyl (C=O) groups is 2. The first-order chi connectivity index (χ1) is 14.7. The standard InChI is InChI=1S/C23H36N4O4/c1-23(2,3)22(30)27-10-5-6-17(15-27)18-14-19(28)25-21(24-18)16-7-11-26(12-8-16)20(29)9-13-31-4/h14,16-17H,5-13,15H2,1-4H3,(H,24,25,28)/t17-/m1/s1. The number of rotatable bonds is 5. The molecule has 8 nitrogen and oxygen atoms in total. The monoisotopic (exact) mass is 432 g/mol. The zero-order valence-electron chi connectivity index (χ0n) is 19.3. The van der Waals surface area contributed by atoms with Crippen LogP contribution in [0.25, 0.3) is 0 Å². The minimum atomic E-state index is -0.413. The van der Waals surface area contributed by atoms with E-state index in [1.807, 2.05) is 30.6 Å². The quantitative estimate of drug-likeness (QED) is 0.770. The number of hydrogen-bond acceptors (Lipinski definition) is 5. The highest BCUT2D eigenvalue weighted by Gasteiger charge is 2.32. The Morgan fingerprint density at radius 2 is 1.84 bits per heavy atom. The summed E-state index contributed by atoms with van der Waals surface area (Å²) >= 11 is 0. The molecule has 0 radical (unpaired) electrons. The molecule has 0 unspecified atom stereocenters. The van der Waals surface area contributed by atoms with Crippen molar-refractivity contribution in [1.82, 2.24) is 19.8 Å². The molecular weight excluding hydrogens is 396 g/mol. The number of aromatic nitrogens is 2. The lowest BCUT2D eigenvalue weighted by atomic mass is 9.89. The molecule has 1 aromatic heterocycles.